The first-order valence-corrected chi connectivity index (χ1v) is 14.3. The number of nitrogens with two attached hydrogens (primary N) is 1. The summed E-state index contributed by atoms with van der Waals surface area (Å²) in [7, 11) is -3.25. The molecule has 3 rings (SSSR count). The third-order valence-corrected chi connectivity index (χ3v) is 8.93. The Hall–Kier alpha value is -2.74. The average molecular weight is 579 g/mol. The molecule has 1 aromatic heterocycles. The summed E-state index contributed by atoms with van der Waals surface area (Å²) in [6.07, 6.45) is -3.08. The second-order valence-electron chi connectivity index (χ2n) is 11.0. The molecule has 0 aromatic carbocycles. The van der Waals surface area contributed by atoms with Gasteiger partial charge in [-0.15, -0.1) is 0 Å². The SMILES string of the molecule is CC(N=C1C[C@H](C(=O)N[C@@]2(C)CCS(=O)(=O)C2)CCC1=C(N)c1cc(OCC(F)(F)F)ncc1F)C(C)(C)O. The van der Waals surface area contributed by atoms with E-state index in [1.54, 1.807) is 27.7 Å². The van der Waals surface area contributed by atoms with E-state index >= 15 is 0 Å². The van der Waals surface area contributed by atoms with Crippen LogP contribution in [-0.4, -0.2) is 71.6 Å². The maximum absolute atomic E-state index is 14.7. The van der Waals surface area contributed by atoms with Crippen molar-refractivity contribution < 1.29 is 40.6 Å². The molecule has 1 saturated carbocycles. The van der Waals surface area contributed by atoms with Crippen LogP contribution in [0.3, 0.4) is 0 Å². The molecule has 14 heteroatoms. The molecule has 2 fully saturated rings. The van der Waals surface area contributed by atoms with Gasteiger partial charge in [-0.3, -0.25) is 9.79 Å². The van der Waals surface area contributed by atoms with Gasteiger partial charge in [0.25, 0.3) is 0 Å². The molecule has 1 aliphatic carbocycles. The van der Waals surface area contributed by atoms with Gasteiger partial charge < -0.3 is 20.9 Å². The van der Waals surface area contributed by atoms with Gasteiger partial charge in [-0.2, -0.15) is 13.2 Å². The lowest BCUT2D eigenvalue weighted by atomic mass is 9.81. The Morgan fingerprint density at radius 3 is 2.62 bits per heavy atom. The number of aliphatic hydroxyl groups is 1. The van der Waals surface area contributed by atoms with E-state index in [2.05, 4.69) is 20.0 Å². The molecule has 1 saturated heterocycles. The second kappa shape index (κ2) is 11.0. The van der Waals surface area contributed by atoms with Crippen molar-refractivity contribution in [3.8, 4) is 5.88 Å². The molecule has 0 radical (unpaired) electrons. The van der Waals surface area contributed by atoms with Crippen molar-refractivity contribution in [3.05, 3.63) is 29.2 Å². The van der Waals surface area contributed by atoms with Gasteiger partial charge >= 0.3 is 6.18 Å². The number of alkyl halides is 3. The second-order valence-corrected chi connectivity index (χ2v) is 13.2. The monoisotopic (exact) mass is 578 g/mol. The van der Waals surface area contributed by atoms with Crippen molar-refractivity contribution in [1.82, 2.24) is 10.3 Å². The lowest BCUT2D eigenvalue weighted by Gasteiger charge is -2.32. The molecule has 0 bridgehead atoms. The number of rotatable bonds is 7. The van der Waals surface area contributed by atoms with Crippen LogP contribution in [-0.2, 0) is 14.6 Å². The van der Waals surface area contributed by atoms with Crippen LogP contribution in [0.25, 0.3) is 5.70 Å². The average Bonchev–Trinajstić information content (AvgIpc) is 3.08. The van der Waals surface area contributed by atoms with Crippen LogP contribution in [0.2, 0.25) is 0 Å². The highest BCUT2D eigenvalue weighted by atomic mass is 32.2. The van der Waals surface area contributed by atoms with E-state index in [0.29, 0.717) is 23.9 Å². The number of sulfone groups is 1. The van der Waals surface area contributed by atoms with Gasteiger partial charge in [-0.25, -0.2) is 17.8 Å². The van der Waals surface area contributed by atoms with Crippen LogP contribution >= 0.6 is 0 Å². The van der Waals surface area contributed by atoms with Crippen molar-refractivity contribution in [2.45, 2.75) is 76.7 Å². The highest BCUT2D eigenvalue weighted by Gasteiger charge is 2.41. The van der Waals surface area contributed by atoms with Crippen LogP contribution in [0.15, 0.2) is 22.8 Å². The Labute approximate surface area is 224 Å². The molecule has 9 nitrogen and oxygen atoms in total. The molecule has 39 heavy (non-hydrogen) atoms. The predicted octanol–water partition coefficient (Wildman–Crippen LogP) is 2.93. The number of allylic oxidation sites excluding steroid dienone is 1. The number of carbonyl (C=O) groups excluding carboxylic acids is 1. The van der Waals surface area contributed by atoms with E-state index in [-0.39, 0.29) is 47.9 Å². The normalized spacial score (nSPS) is 26.8. The summed E-state index contributed by atoms with van der Waals surface area (Å²) in [5.41, 5.74) is 4.59. The molecule has 2 aliphatic rings. The first-order chi connectivity index (χ1) is 17.8. The van der Waals surface area contributed by atoms with Gasteiger partial charge in [-0.1, -0.05) is 0 Å². The molecule has 1 unspecified atom stereocenters. The molecule has 0 spiro atoms. The van der Waals surface area contributed by atoms with Crippen molar-refractivity contribution >= 4 is 27.2 Å². The van der Waals surface area contributed by atoms with Crippen LogP contribution in [0.5, 0.6) is 5.88 Å². The van der Waals surface area contributed by atoms with Gasteiger partial charge in [0.15, 0.2) is 22.3 Å². The van der Waals surface area contributed by atoms with Crippen molar-refractivity contribution in [2.24, 2.45) is 16.6 Å². The Kier molecular flexibility index (Phi) is 8.71. The minimum Gasteiger partial charge on any atom is -0.468 e. The summed E-state index contributed by atoms with van der Waals surface area (Å²) in [6.45, 7) is 4.82. The number of ether oxygens (including phenoxy) is 1. The smallest absolute Gasteiger partial charge is 0.422 e. The number of halogens is 4. The molecule has 4 N–H and O–H groups in total. The number of nitrogens with zero attached hydrogens (tertiary/aromatic N) is 2. The zero-order valence-corrected chi connectivity index (χ0v) is 23.0. The summed E-state index contributed by atoms with van der Waals surface area (Å²) in [6, 6.07) is 0.322. The third-order valence-electron chi connectivity index (χ3n) is 7.03. The first-order valence-electron chi connectivity index (χ1n) is 12.4. The fourth-order valence-corrected chi connectivity index (χ4v) is 6.58. The first kappa shape index (κ1) is 30.8. The highest BCUT2D eigenvalue weighted by molar-refractivity contribution is 7.91. The van der Waals surface area contributed by atoms with Crippen LogP contribution in [0.4, 0.5) is 17.6 Å². The van der Waals surface area contributed by atoms with E-state index in [9.17, 15) is 35.9 Å². The molecule has 1 aromatic rings. The fourth-order valence-electron chi connectivity index (χ4n) is 4.49. The van der Waals surface area contributed by atoms with E-state index in [0.717, 1.165) is 6.07 Å². The van der Waals surface area contributed by atoms with E-state index < -0.39 is 57.4 Å². The summed E-state index contributed by atoms with van der Waals surface area (Å²) in [4.78, 5) is 21.3. The molecular weight excluding hydrogens is 544 g/mol. The number of nitrogens with one attached hydrogen (secondary N) is 1. The Bertz CT molecular complexity index is 1270. The van der Waals surface area contributed by atoms with Gasteiger partial charge in [0.05, 0.1) is 34.9 Å². The zero-order chi connectivity index (χ0) is 29.4. The van der Waals surface area contributed by atoms with Gasteiger partial charge in [0.2, 0.25) is 11.8 Å². The molecule has 3 atom stereocenters. The van der Waals surface area contributed by atoms with E-state index in [1.165, 1.54) is 0 Å². The standard InChI is InChI=1S/C25H34F4N4O5S/c1-14(23(2,3)35)32-19-9-15(22(34)33-24(4)7-8-39(36,37)13-24)5-6-16(19)21(30)17-10-20(31-11-18(17)26)38-12-25(27,28)29/h10-11,14-15,35H,5-9,12-13,30H2,1-4H3,(H,33,34)/t14?,15-,24+/m1/s1. The maximum atomic E-state index is 14.7. The minimum absolute atomic E-state index is 0.0140. The zero-order valence-electron chi connectivity index (χ0n) is 22.2. The maximum Gasteiger partial charge on any atom is 0.422 e. The minimum atomic E-state index is -4.62. The Balaban J connectivity index is 1.93. The van der Waals surface area contributed by atoms with Crippen molar-refractivity contribution in [1.29, 1.82) is 0 Å². The van der Waals surface area contributed by atoms with Gasteiger partial charge in [-0.05, 0) is 52.5 Å². The molecule has 1 aliphatic heterocycles. The van der Waals surface area contributed by atoms with Crippen LogP contribution in [0, 0.1) is 11.7 Å². The highest BCUT2D eigenvalue weighted by Crippen LogP contribution is 2.34. The quantitative estimate of drug-likeness (QED) is 0.422. The Morgan fingerprint density at radius 1 is 1.38 bits per heavy atom. The lowest BCUT2D eigenvalue weighted by Crippen LogP contribution is -2.50. The van der Waals surface area contributed by atoms with E-state index in [4.69, 9.17) is 5.73 Å². The summed E-state index contributed by atoms with van der Waals surface area (Å²) in [5.74, 6) is -2.48. The molecule has 1 amide bonds. The number of aliphatic imine (C=N–C) groups is 1. The number of pyridine rings is 1. The number of amides is 1. The summed E-state index contributed by atoms with van der Waals surface area (Å²) < 4.78 is 81.0. The van der Waals surface area contributed by atoms with Gasteiger partial charge in [0, 0.05) is 35.4 Å². The lowest BCUT2D eigenvalue weighted by molar-refractivity contribution is -0.154. The molecule has 218 valence electrons. The molecule has 2 heterocycles. The molecular formula is C25H34F4N4O5S. The van der Waals surface area contributed by atoms with Crippen molar-refractivity contribution in [3.63, 3.8) is 0 Å². The number of aromatic nitrogens is 1. The topological polar surface area (TPSA) is 144 Å². The summed E-state index contributed by atoms with van der Waals surface area (Å²) in [5, 5.41) is 13.3. The Morgan fingerprint density at radius 2 is 2.05 bits per heavy atom. The van der Waals surface area contributed by atoms with Crippen molar-refractivity contribution in [2.75, 3.05) is 18.1 Å². The van der Waals surface area contributed by atoms with E-state index in [1.807, 2.05) is 0 Å². The van der Waals surface area contributed by atoms with Crippen LogP contribution < -0.4 is 15.8 Å². The largest absolute Gasteiger partial charge is 0.468 e. The third kappa shape index (κ3) is 8.13. The predicted molar refractivity (Wildman–Crippen MR) is 137 cm³/mol. The number of carbonyl (C=O) groups is 1. The van der Waals surface area contributed by atoms with Gasteiger partial charge in [0.1, 0.15) is 0 Å². The summed E-state index contributed by atoms with van der Waals surface area (Å²) >= 11 is 0. The van der Waals surface area contributed by atoms with Crippen LogP contribution in [0.1, 0.15) is 58.9 Å². The number of hydrogen-bond acceptors (Lipinski definition) is 8. The fraction of sp³-hybridized carbons (Fsp3) is 0.640. The number of hydrogen-bond donors (Lipinski definition) is 3.